The number of hydrogen-bond acceptors (Lipinski definition) is 4. The summed E-state index contributed by atoms with van der Waals surface area (Å²) in [4.78, 5) is 27.7. The highest BCUT2D eigenvalue weighted by molar-refractivity contribution is 6.34. The molecule has 1 amide bonds. The first-order valence-corrected chi connectivity index (χ1v) is 8.59. The Hall–Kier alpha value is -2.57. The second-order valence-corrected chi connectivity index (χ2v) is 6.48. The molecular weight excluding hydrogens is 356 g/mol. The van der Waals surface area contributed by atoms with Gasteiger partial charge in [0.15, 0.2) is 0 Å². The van der Waals surface area contributed by atoms with Crippen LogP contribution in [-0.2, 0) is 4.79 Å². The summed E-state index contributed by atoms with van der Waals surface area (Å²) >= 11 is 6.01. The molecule has 0 saturated heterocycles. The summed E-state index contributed by atoms with van der Waals surface area (Å²) in [6.07, 6.45) is -1.01. The smallest absolute Gasteiger partial charge is 0.339 e. The third-order valence-electron chi connectivity index (χ3n) is 4.70. The van der Waals surface area contributed by atoms with Gasteiger partial charge in [-0.05, 0) is 30.7 Å². The maximum Gasteiger partial charge on any atom is 0.339 e. The SMILES string of the molecule is CCN1c2ccccc2C(C(=O)N(C)c2cccc(Cl)c2C(=O)O)C1O. The first-order valence-electron chi connectivity index (χ1n) is 8.21. The summed E-state index contributed by atoms with van der Waals surface area (Å²) in [5, 5.41) is 20.2. The first-order chi connectivity index (χ1) is 12.4. The zero-order chi connectivity index (χ0) is 19.0. The van der Waals surface area contributed by atoms with E-state index in [2.05, 4.69) is 0 Å². The number of hydrogen-bond donors (Lipinski definition) is 2. The van der Waals surface area contributed by atoms with Crippen molar-refractivity contribution in [2.24, 2.45) is 0 Å². The third kappa shape index (κ3) is 2.81. The van der Waals surface area contributed by atoms with Crippen LogP contribution in [0.25, 0.3) is 0 Å². The number of amides is 1. The van der Waals surface area contributed by atoms with Crippen molar-refractivity contribution >= 4 is 34.9 Å². The molecule has 1 aliphatic heterocycles. The van der Waals surface area contributed by atoms with Gasteiger partial charge in [-0.25, -0.2) is 4.79 Å². The Bertz CT molecular complexity index is 870. The number of carbonyl (C=O) groups is 2. The maximum atomic E-state index is 13.2. The predicted molar refractivity (Wildman–Crippen MR) is 100 cm³/mol. The zero-order valence-electron chi connectivity index (χ0n) is 14.4. The molecule has 0 spiro atoms. The molecule has 1 heterocycles. The molecular formula is C19H19ClN2O4. The van der Waals surface area contributed by atoms with E-state index in [9.17, 15) is 19.8 Å². The number of halogens is 1. The van der Waals surface area contributed by atoms with Gasteiger partial charge in [-0.15, -0.1) is 0 Å². The molecule has 2 unspecified atom stereocenters. The largest absolute Gasteiger partial charge is 0.478 e. The lowest BCUT2D eigenvalue weighted by Gasteiger charge is -2.27. The van der Waals surface area contributed by atoms with Gasteiger partial charge in [0.1, 0.15) is 17.7 Å². The summed E-state index contributed by atoms with van der Waals surface area (Å²) in [5.41, 5.74) is 1.57. The zero-order valence-corrected chi connectivity index (χ0v) is 15.1. The molecule has 2 aromatic carbocycles. The van der Waals surface area contributed by atoms with Crippen LogP contribution in [0.2, 0.25) is 5.02 Å². The van der Waals surface area contributed by atoms with Crippen LogP contribution in [0.4, 0.5) is 11.4 Å². The molecule has 6 nitrogen and oxygen atoms in total. The molecule has 26 heavy (non-hydrogen) atoms. The van der Waals surface area contributed by atoms with Crippen LogP contribution in [0.5, 0.6) is 0 Å². The first kappa shape index (κ1) is 18.2. The highest BCUT2D eigenvalue weighted by Gasteiger charge is 2.42. The van der Waals surface area contributed by atoms with Gasteiger partial charge in [0.05, 0.1) is 10.7 Å². The molecule has 136 valence electrons. The van der Waals surface area contributed by atoms with Crippen molar-refractivity contribution in [3.05, 3.63) is 58.6 Å². The number of benzene rings is 2. The van der Waals surface area contributed by atoms with Crippen LogP contribution in [0.3, 0.4) is 0 Å². The Kier molecular flexibility index (Phi) is 4.89. The molecule has 2 aromatic rings. The quantitative estimate of drug-likeness (QED) is 0.860. The Morgan fingerprint density at radius 3 is 2.54 bits per heavy atom. The van der Waals surface area contributed by atoms with E-state index in [4.69, 9.17) is 11.6 Å². The Labute approximate surface area is 156 Å². The second-order valence-electron chi connectivity index (χ2n) is 6.07. The summed E-state index contributed by atoms with van der Waals surface area (Å²) in [6, 6.07) is 11.9. The lowest BCUT2D eigenvalue weighted by atomic mass is 9.98. The second kappa shape index (κ2) is 6.97. The number of nitrogens with zero attached hydrogens (tertiary/aromatic N) is 2. The van der Waals surface area contributed by atoms with Gasteiger partial charge in [0.25, 0.3) is 0 Å². The van der Waals surface area contributed by atoms with Crippen LogP contribution in [0, 0.1) is 0 Å². The van der Waals surface area contributed by atoms with Crippen molar-refractivity contribution < 1.29 is 19.8 Å². The average Bonchev–Trinajstić information content (AvgIpc) is 2.91. The summed E-state index contributed by atoms with van der Waals surface area (Å²) in [7, 11) is 1.49. The topological polar surface area (TPSA) is 81.1 Å². The molecule has 0 saturated carbocycles. The summed E-state index contributed by atoms with van der Waals surface area (Å²) < 4.78 is 0. The minimum absolute atomic E-state index is 0.0530. The van der Waals surface area contributed by atoms with Crippen molar-refractivity contribution in [1.29, 1.82) is 0 Å². The molecule has 0 aliphatic carbocycles. The number of likely N-dealkylation sites (N-methyl/N-ethyl adjacent to an activating group) is 2. The molecule has 0 fully saturated rings. The van der Waals surface area contributed by atoms with E-state index in [1.165, 1.54) is 24.1 Å². The fourth-order valence-corrected chi connectivity index (χ4v) is 3.69. The van der Waals surface area contributed by atoms with Crippen LogP contribution in [0.1, 0.15) is 28.8 Å². The average molecular weight is 375 g/mol. The third-order valence-corrected chi connectivity index (χ3v) is 5.02. The normalized spacial score (nSPS) is 18.5. The van der Waals surface area contributed by atoms with Gasteiger partial charge in [-0.1, -0.05) is 35.9 Å². The number of rotatable bonds is 4. The fraction of sp³-hybridized carbons (Fsp3) is 0.263. The molecule has 2 atom stereocenters. The highest BCUT2D eigenvalue weighted by Crippen LogP contribution is 2.41. The predicted octanol–water partition coefficient (Wildman–Crippen LogP) is 2.94. The lowest BCUT2D eigenvalue weighted by molar-refractivity contribution is -0.121. The number of aliphatic hydroxyl groups excluding tert-OH is 1. The van der Waals surface area contributed by atoms with E-state index in [1.807, 2.05) is 25.1 Å². The van der Waals surface area contributed by atoms with E-state index in [0.717, 1.165) is 11.3 Å². The Morgan fingerprint density at radius 2 is 1.88 bits per heavy atom. The van der Waals surface area contributed by atoms with Crippen molar-refractivity contribution in [2.45, 2.75) is 19.1 Å². The Morgan fingerprint density at radius 1 is 1.19 bits per heavy atom. The lowest BCUT2D eigenvalue weighted by Crippen LogP contribution is -2.41. The van der Waals surface area contributed by atoms with Crippen LogP contribution in [0.15, 0.2) is 42.5 Å². The molecule has 3 rings (SSSR count). The number of fused-ring (bicyclic) bond motifs is 1. The van der Waals surface area contributed by atoms with E-state index >= 15 is 0 Å². The van der Waals surface area contributed by atoms with Crippen molar-refractivity contribution in [3.8, 4) is 0 Å². The van der Waals surface area contributed by atoms with E-state index in [-0.39, 0.29) is 16.3 Å². The molecule has 1 aliphatic rings. The van der Waals surface area contributed by atoms with Gasteiger partial charge in [0, 0.05) is 19.3 Å². The minimum Gasteiger partial charge on any atom is -0.478 e. The maximum absolute atomic E-state index is 13.2. The highest BCUT2D eigenvalue weighted by atomic mass is 35.5. The monoisotopic (exact) mass is 374 g/mol. The number of para-hydroxylation sites is 1. The number of carboxylic acid groups (broad SMARTS) is 1. The summed E-state index contributed by atoms with van der Waals surface area (Å²) in [6.45, 7) is 2.44. The fourth-order valence-electron chi connectivity index (χ4n) is 3.44. The van der Waals surface area contributed by atoms with E-state index < -0.39 is 24.0 Å². The van der Waals surface area contributed by atoms with Crippen LogP contribution < -0.4 is 9.80 Å². The molecule has 7 heteroatoms. The number of carboxylic acids is 1. The minimum atomic E-state index is -1.21. The molecule has 0 bridgehead atoms. The summed E-state index contributed by atoms with van der Waals surface area (Å²) in [5.74, 6) is -2.42. The van der Waals surface area contributed by atoms with Gasteiger partial charge in [-0.2, -0.15) is 0 Å². The molecule has 2 N–H and O–H groups in total. The number of carbonyl (C=O) groups excluding carboxylic acids is 1. The van der Waals surface area contributed by atoms with Gasteiger partial charge in [-0.3, -0.25) is 4.79 Å². The van der Waals surface area contributed by atoms with Crippen molar-refractivity contribution in [3.63, 3.8) is 0 Å². The van der Waals surface area contributed by atoms with Crippen molar-refractivity contribution in [1.82, 2.24) is 0 Å². The molecule has 0 aromatic heterocycles. The molecule has 0 radical (unpaired) electrons. The standard InChI is InChI=1S/C19H19ClN2O4/c1-3-22-13-9-5-4-7-11(13)15(18(22)24)17(23)21(2)14-10-6-8-12(20)16(14)19(25)26/h4-10,15,18,24H,3H2,1-2H3,(H,25,26). The number of aliphatic hydroxyl groups is 1. The van der Waals surface area contributed by atoms with Gasteiger partial charge >= 0.3 is 5.97 Å². The van der Waals surface area contributed by atoms with Crippen LogP contribution >= 0.6 is 11.6 Å². The number of anilines is 2. The van der Waals surface area contributed by atoms with E-state index in [1.54, 1.807) is 17.0 Å². The van der Waals surface area contributed by atoms with Crippen LogP contribution in [-0.4, -0.2) is 41.9 Å². The van der Waals surface area contributed by atoms with E-state index in [0.29, 0.717) is 6.54 Å². The number of aromatic carboxylic acids is 1. The van der Waals surface area contributed by atoms with Gasteiger partial charge < -0.3 is 20.0 Å². The Balaban J connectivity index is 2.03. The van der Waals surface area contributed by atoms with Crippen molar-refractivity contribution in [2.75, 3.05) is 23.4 Å². The van der Waals surface area contributed by atoms with Gasteiger partial charge in [0.2, 0.25) is 5.91 Å².